The van der Waals surface area contributed by atoms with Gasteiger partial charge in [0, 0.05) is 26.1 Å². The van der Waals surface area contributed by atoms with Crippen LogP contribution < -0.4 is 5.32 Å². The molecule has 8 nitrogen and oxygen atoms in total. The Morgan fingerprint density at radius 3 is 3.08 bits per heavy atom. The third-order valence-corrected chi connectivity index (χ3v) is 4.55. The molecule has 1 amide bonds. The first-order valence-corrected chi connectivity index (χ1v) is 8.56. The zero-order valence-corrected chi connectivity index (χ0v) is 14.9. The van der Waals surface area contributed by atoms with Gasteiger partial charge in [-0.15, -0.1) is 0 Å². The molecular formula is C17H25N5O3. The molecule has 0 bridgehead atoms. The summed E-state index contributed by atoms with van der Waals surface area (Å²) >= 11 is 0. The van der Waals surface area contributed by atoms with Crippen LogP contribution >= 0.6 is 0 Å². The summed E-state index contributed by atoms with van der Waals surface area (Å²) in [6.45, 7) is 6.52. The summed E-state index contributed by atoms with van der Waals surface area (Å²) in [6, 6.07) is 3.95. The number of likely N-dealkylation sites (tertiary alicyclic amines) is 1. The molecule has 1 saturated heterocycles. The van der Waals surface area contributed by atoms with E-state index < -0.39 is 0 Å². The molecular weight excluding hydrogens is 322 g/mol. The van der Waals surface area contributed by atoms with E-state index in [1.54, 1.807) is 13.2 Å². The molecule has 0 radical (unpaired) electrons. The van der Waals surface area contributed by atoms with Gasteiger partial charge in [-0.05, 0) is 32.5 Å². The fourth-order valence-electron chi connectivity index (χ4n) is 3.17. The molecule has 2 aromatic heterocycles. The van der Waals surface area contributed by atoms with E-state index >= 15 is 0 Å². The van der Waals surface area contributed by atoms with Gasteiger partial charge in [0.25, 0.3) is 0 Å². The Balaban J connectivity index is 1.43. The SMILES string of the molecule is Cc1nc(CN(C)[C@H]2CCN(CC(=O)N[C@H](C)c3ccco3)C2)no1. The van der Waals surface area contributed by atoms with Gasteiger partial charge in [0.2, 0.25) is 11.8 Å². The number of hydrogen-bond donors (Lipinski definition) is 1. The molecule has 1 N–H and O–H groups in total. The second-order valence-corrected chi connectivity index (χ2v) is 6.63. The molecule has 2 aromatic rings. The lowest BCUT2D eigenvalue weighted by molar-refractivity contribution is -0.122. The van der Waals surface area contributed by atoms with Gasteiger partial charge in [0.1, 0.15) is 5.76 Å². The molecule has 2 atom stereocenters. The van der Waals surface area contributed by atoms with Gasteiger partial charge >= 0.3 is 0 Å². The highest BCUT2D eigenvalue weighted by molar-refractivity contribution is 5.78. The number of nitrogens with zero attached hydrogens (tertiary/aromatic N) is 4. The molecule has 0 spiro atoms. The van der Waals surface area contributed by atoms with E-state index in [1.807, 2.05) is 19.1 Å². The van der Waals surface area contributed by atoms with Crippen LogP contribution in [0.5, 0.6) is 0 Å². The average Bonchev–Trinajstić information content (AvgIpc) is 3.28. The Kier molecular flexibility index (Phi) is 5.50. The molecule has 1 aliphatic heterocycles. The van der Waals surface area contributed by atoms with Crippen LogP contribution in [0.15, 0.2) is 27.3 Å². The number of rotatable bonds is 7. The van der Waals surface area contributed by atoms with E-state index in [0.717, 1.165) is 25.3 Å². The number of carbonyl (C=O) groups is 1. The van der Waals surface area contributed by atoms with Crippen molar-refractivity contribution < 1.29 is 13.7 Å². The zero-order valence-electron chi connectivity index (χ0n) is 14.9. The molecule has 0 aliphatic carbocycles. The number of amides is 1. The Morgan fingerprint density at radius 1 is 1.56 bits per heavy atom. The van der Waals surface area contributed by atoms with E-state index in [2.05, 4.69) is 32.3 Å². The van der Waals surface area contributed by atoms with Gasteiger partial charge in [-0.1, -0.05) is 5.16 Å². The second kappa shape index (κ2) is 7.79. The average molecular weight is 347 g/mol. The van der Waals surface area contributed by atoms with Gasteiger partial charge in [-0.2, -0.15) is 4.98 Å². The van der Waals surface area contributed by atoms with Crippen molar-refractivity contribution in [1.29, 1.82) is 0 Å². The van der Waals surface area contributed by atoms with Crippen molar-refractivity contribution >= 4 is 5.91 Å². The smallest absolute Gasteiger partial charge is 0.234 e. The van der Waals surface area contributed by atoms with Crippen molar-refractivity contribution in [3.8, 4) is 0 Å². The van der Waals surface area contributed by atoms with Crippen LogP contribution in [0, 0.1) is 6.92 Å². The maximum Gasteiger partial charge on any atom is 0.234 e. The Morgan fingerprint density at radius 2 is 2.40 bits per heavy atom. The van der Waals surface area contributed by atoms with E-state index in [1.165, 1.54) is 0 Å². The summed E-state index contributed by atoms with van der Waals surface area (Å²) in [5.41, 5.74) is 0. The number of carbonyl (C=O) groups excluding carboxylic acids is 1. The predicted octanol–water partition coefficient (Wildman–Crippen LogP) is 1.35. The molecule has 3 heterocycles. The minimum Gasteiger partial charge on any atom is -0.467 e. The van der Waals surface area contributed by atoms with Gasteiger partial charge in [-0.3, -0.25) is 14.6 Å². The fraction of sp³-hybridized carbons (Fsp3) is 0.588. The first-order valence-electron chi connectivity index (χ1n) is 8.56. The van der Waals surface area contributed by atoms with Crippen LogP contribution in [-0.4, -0.2) is 58.6 Å². The molecule has 1 fully saturated rings. The molecule has 0 saturated carbocycles. The van der Waals surface area contributed by atoms with Crippen molar-refractivity contribution in [2.24, 2.45) is 0 Å². The van der Waals surface area contributed by atoms with Crippen molar-refractivity contribution in [1.82, 2.24) is 25.3 Å². The molecule has 3 rings (SSSR count). The molecule has 0 unspecified atom stereocenters. The normalized spacial score (nSPS) is 19.4. The highest BCUT2D eigenvalue weighted by Crippen LogP contribution is 2.16. The fourth-order valence-corrected chi connectivity index (χ4v) is 3.17. The lowest BCUT2D eigenvalue weighted by atomic mass is 10.2. The molecule has 1 aliphatic rings. The van der Waals surface area contributed by atoms with Gasteiger partial charge in [0.05, 0.1) is 25.4 Å². The van der Waals surface area contributed by atoms with Crippen LogP contribution in [0.25, 0.3) is 0 Å². The highest BCUT2D eigenvalue weighted by Gasteiger charge is 2.28. The largest absolute Gasteiger partial charge is 0.467 e. The van der Waals surface area contributed by atoms with Gasteiger partial charge in [-0.25, -0.2) is 0 Å². The summed E-state index contributed by atoms with van der Waals surface area (Å²) in [4.78, 5) is 20.9. The number of aryl methyl sites for hydroxylation is 1. The Hall–Kier alpha value is -2.19. The second-order valence-electron chi connectivity index (χ2n) is 6.63. The molecule has 8 heteroatoms. The number of hydrogen-bond acceptors (Lipinski definition) is 7. The lowest BCUT2D eigenvalue weighted by Gasteiger charge is -2.23. The lowest BCUT2D eigenvalue weighted by Crippen LogP contribution is -2.39. The number of aromatic nitrogens is 2. The number of furan rings is 1. The first-order chi connectivity index (χ1) is 12.0. The summed E-state index contributed by atoms with van der Waals surface area (Å²) in [7, 11) is 2.05. The van der Waals surface area contributed by atoms with Crippen molar-refractivity contribution in [3.05, 3.63) is 35.9 Å². The number of likely N-dealkylation sites (N-methyl/N-ethyl adjacent to an activating group) is 1. The summed E-state index contributed by atoms with van der Waals surface area (Å²) in [6.07, 6.45) is 2.64. The summed E-state index contributed by atoms with van der Waals surface area (Å²) < 4.78 is 10.3. The number of nitrogens with one attached hydrogen (secondary N) is 1. The van der Waals surface area contributed by atoms with Crippen LogP contribution in [0.3, 0.4) is 0 Å². The third kappa shape index (κ3) is 4.67. The van der Waals surface area contributed by atoms with E-state index in [-0.39, 0.29) is 11.9 Å². The van der Waals surface area contributed by atoms with E-state index in [4.69, 9.17) is 8.94 Å². The van der Waals surface area contributed by atoms with Crippen LogP contribution in [0.2, 0.25) is 0 Å². The molecule has 0 aromatic carbocycles. The Bertz CT molecular complexity index is 684. The van der Waals surface area contributed by atoms with Crippen molar-refractivity contribution in [2.75, 3.05) is 26.7 Å². The summed E-state index contributed by atoms with van der Waals surface area (Å²) in [5, 5.41) is 6.91. The highest BCUT2D eigenvalue weighted by atomic mass is 16.5. The van der Waals surface area contributed by atoms with Crippen molar-refractivity contribution in [3.63, 3.8) is 0 Å². The third-order valence-electron chi connectivity index (χ3n) is 4.55. The monoisotopic (exact) mass is 347 g/mol. The standard InChI is InChI=1S/C17H25N5O3/c1-12(15-5-4-8-24-15)18-17(23)11-22-7-6-14(9-22)21(3)10-16-19-13(2)25-20-16/h4-5,8,12,14H,6-7,9-11H2,1-3H3,(H,18,23)/t12-,14+/m1/s1. The molecule has 136 valence electrons. The summed E-state index contributed by atoms with van der Waals surface area (Å²) in [5.74, 6) is 2.06. The van der Waals surface area contributed by atoms with Crippen LogP contribution in [-0.2, 0) is 11.3 Å². The first kappa shape index (κ1) is 17.6. The topological polar surface area (TPSA) is 87.6 Å². The van der Waals surface area contributed by atoms with E-state index in [9.17, 15) is 4.79 Å². The van der Waals surface area contributed by atoms with Gasteiger partial charge in [0.15, 0.2) is 5.82 Å². The Labute approximate surface area is 147 Å². The minimum atomic E-state index is -0.120. The van der Waals surface area contributed by atoms with Gasteiger partial charge < -0.3 is 14.3 Å². The molecule has 25 heavy (non-hydrogen) atoms. The van der Waals surface area contributed by atoms with Crippen LogP contribution in [0.4, 0.5) is 0 Å². The quantitative estimate of drug-likeness (QED) is 0.809. The predicted molar refractivity (Wildman–Crippen MR) is 90.6 cm³/mol. The minimum absolute atomic E-state index is 0.0148. The maximum atomic E-state index is 12.2. The zero-order chi connectivity index (χ0) is 17.8. The van der Waals surface area contributed by atoms with Crippen LogP contribution in [0.1, 0.15) is 36.9 Å². The maximum absolute atomic E-state index is 12.2. The van der Waals surface area contributed by atoms with Crippen molar-refractivity contribution in [2.45, 2.75) is 38.9 Å². The van der Waals surface area contributed by atoms with E-state index in [0.29, 0.717) is 30.8 Å².